The van der Waals surface area contributed by atoms with Gasteiger partial charge in [0, 0.05) is 23.5 Å². The SMILES string of the molecule is Cc1cc(-c2ncn(/C=C\C(=O)N3CC(F)(F)C3)n2)cc(C(F)(F)F)n1. The van der Waals surface area contributed by atoms with Crippen LogP contribution in [0.2, 0.25) is 0 Å². The average Bonchev–Trinajstić information content (AvgIpc) is 2.97. The quantitative estimate of drug-likeness (QED) is 0.613. The van der Waals surface area contributed by atoms with Crippen molar-refractivity contribution in [1.82, 2.24) is 24.6 Å². The summed E-state index contributed by atoms with van der Waals surface area (Å²) in [5, 5.41) is 3.95. The molecule has 0 N–H and O–H groups in total. The lowest BCUT2D eigenvalue weighted by Crippen LogP contribution is -2.58. The second-order valence-corrected chi connectivity index (χ2v) is 5.79. The highest BCUT2D eigenvalue weighted by Crippen LogP contribution is 2.30. The van der Waals surface area contributed by atoms with Gasteiger partial charge in [-0.3, -0.25) is 4.79 Å². The fourth-order valence-electron chi connectivity index (χ4n) is 2.34. The maximum Gasteiger partial charge on any atom is 0.433 e. The number of hydrogen-bond acceptors (Lipinski definition) is 4. The topological polar surface area (TPSA) is 63.9 Å². The number of amides is 1. The molecule has 1 aliphatic rings. The molecule has 3 rings (SSSR count). The van der Waals surface area contributed by atoms with Gasteiger partial charge in [0.2, 0.25) is 5.91 Å². The highest BCUT2D eigenvalue weighted by atomic mass is 19.4. The molecule has 0 saturated carbocycles. The monoisotopic (exact) mass is 373 g/mol. The molecule has 3 heterocycles. The zero-order valence-electron chi connectivity index (χ0n) is 13.3. The number of pyridine rings is 1. The van der Waals surface area contributed by atoms with Gasteiger partial charge in [0.25, 0.3) is 5.92 Å². The molecule has 0 bridgehead atoms. The van der Waals surface area contributed by atoms with Crippen molar-refractivity contribution >= 4 is 12.1 Å². The number of carbonyl (C=O) groups is 1. The Bertz CT molecular complexity index is 866. The summed E-state index contributed by atoms with van der Waals surface area (Å²) in [7, 11) is 0. The van der Waals surface area contributed by atoms with Crippen LogP contribution in [0.4, 0.5) is 22.0 Å². The molecule has 2 aromatic heterocycles. The second kappa shape index (κ2) is 6.15. The fourth-order valence-corrected chi connectivity index (χ4v) is 2.34. The molecule has 1 fully saturated rings. The van der Waals surface area contributed by atoms with Crippen LogP contribution < -0.4 is 0 Å². The Morgan fingerprint density at radius 1 is 1.27 bits per heavy atom. The Hall–Kier alpha value is -2.85. The van der Waals surface area contributed by atoms with Crippen molar-refractivity contribution in [3.8, 4) is 11.4 Å². The summed E-state index contributed by atoms with van der Waals surface area (Å²) >= 11 is 0. The number of rotatable bonds is 3. The first-order valence-electron chi connectivity index (χ1n) is 7.36. The number of aryl methyl sites for hydroxylation is 1. The van der Waals surface area contributed by atoms with E-state index < -0.39 is 36.8 Å². The van der Waals surface area contributed by atoms with E-state index >= 15 is 0 Å². The summed E-state index contributed by atoms with van der Waals surface area (Å²) in [5.41, 5.74) is -0.797. The Morgan fingerprint density at radius 2 is 1.96 bits per heavy atom. The summed E-state index contributed by atoms with van der Waals surface area (Å²) in [6, 6.07) is 2.22. The third kappa shape index (κ3) is 3.86. The minimum atomic E-state index is -4.60. The van der Waals surface area contributed by atoms with E-state index in [4.69, 9.17) is 0 Å². The molecular formula is C15H12F5N5O. The van der Waals surface area contributed by atoms with E-state index in [1.807, 2.05) is 0 Å². The van der Waals surface area contributed by atoms with Gasteiger partial charge in [-0.15, -0.1) is 5.10 Å². The summed E-state index contributed by atoms with van der Waals surface area (Å²) in [4.78, 5) is 20.0. The van der Waals surface area contributed by atoms with Crippen LogP contribution in [0, 0.1) is 6.92 Å². The molecule has 6 nitrogen and oxygen atoms in total. The molecule has 0 atom stereocenters. The van der Waals surface area contributed by atoms with Crippen molar-refractivity contribution in [2.24, 2.45) is 0 Å². The molecule has 0 aliphatic carbocycles. The van der Waals surface area contributed by atoms with E-state index in [9.17, 15) is 26.7 Å². The summed E-state index contributed by atoms with van der Waals surface area (Å²) in [6.45, 7) is 0.127. The third-order valence-corrected chi connectivity index (χ3v) is 3.54. The number of carbonyl (C=O) groups excluding carboxylic acids is 1. The van der Waals surface area contributed by atoms with Crippen molar-refractivity contribution in [2.75, 3.05) is 13.1 Å². The highest BCUT2D eigenvalue weighted by Gasteiger charge is 2.45. The van der Waals surface area contributed by atoms with Crippen LogP contribution in [0.15, 0.2) is 24.5 Å². The Balaban J connectivity index is 1.75. The molecule has 11 heteroatoms. The number of alkyl halides is 5. The van der Waals surface area contributed by atoms with Crippen LogP contribution in [0.3, 0.4) is 0 Å². The van der Waals surface area contributed by atoms with E-state index in [-0.39, 0.29) is 17.1 Å². The molecule has 1 saturated heterocycles. The average molecular weight is 373 g/mol. The maximum atomic E-state index is 12.8. The van der Waals surface area contributed by atoms with E-state index in [1.165, 1.54) is 25.5 Å². The van der Waals surface area contributed by atoms with E-state index in [1.54, 1.807) is 0 Å². The summed E-state index contributed by atoms with van der Waals surface area (Å²) < 4.78 is 65.0. The number of nitrogens with zero attached hydrogens (tertiary/aromatic N) is 5. The van der Waals surface area contributed by atoms with Gasteiger partial charge >= 0.3 is 6.18 Å². The first kappa shape index (κ1) is 18.0. The fraction of sp³-hybridized carbons (Fsp3) is 0.333. The van der Waals surface area contributed by atoms with E-state index in [0.29, 0.717) is 0 Å². The first-order valence-corrected chi connectivity index (χ1v) is 7.36. The Kier molecular flexibility index (Phi) is 4.24. The molecule has 0 radical (unpaired) electrons. The molecule has 26 heavy (non-hydrogen) atoms. The molecule has 1 amide bonds. The number of aromatic nitrogens is 4. The van der Waals surface area contributed by atoms with Crippen molar-refractivity contribution in [3.05, 3.63) is 35.9 Å². The van der Waals surface area contributed by atoms with Crippen molar-refractivity contribution in [1.29, 1.82) is 0 Å². The van der Waals surface area contributed by atoms with Crippen LogP contribution in [-0.4, -0.2) is 49.6 Å². The smallest absolute Gasteiger partial charge is 0.327 e. The van der Waals surface area contributed by atoms with Gasteiger partial charge < -0.3 is 4.90 Å². The number of likely N-dealkylation sites (tertiary alicyclic amines) is 1. The zero-order valence-corrected chi connectivity index (χ0v) is 13.3. The lowest BCUT2D eigenvalue weighted by atomic mass is 10.1. The van der Waals surface area contributed by atoms with Crippen LogP contribution in [-0.2, 0) is 11.0 Å². The van der Waals surface area contributed by atoms with Gasteiger partial charge in [0.15, 0.2) is 5.82 Å². The van der Waals surface area contributed by atoms with Gasteiger partial charge in [-0.05, 0) is 19.1 Å². The lowest BCUT2D eigenvalue weighted by molar-refractivity contribution is -0.160. The van der Waals surface area contributed by atoms with Crippen LogP contribution in [0.25, 0.3) is 17.6 Å². The highest BCUT2D eigenvalue weighted by molar-refractivity contribution is 5.90. The molecule has 0 unspecified atom stereocenters. The van der Waals surface area contributed by atoms with Crippen molar-refractivity contribution in [3.63, 3.8) is 0 Å². The number of halogens is 5. The first-order chi connectivity index (χ1) is 12.0. The van der Waals surface area contributed by atoms with Gasteiger partial charge in [0.05, 0.1) is 13.1 Å². The molecule has 1 aliphatic heterocycles. The van der Waals surface area contributed by atoms with E-state index in [0.717, 1.165) is 21.7 Å². The standard InChI is InChI=1S/C15H12F5N5O/c1-9-4-10(5-11(22-9)15(18,19)20)13-21-8-25(23-13)3-2-12(26)24-6-14(16,17)7-24/h2-5,8H,6-7H2,1H3/b3-2-. The molecule has 0 spiro atoms. The molecule has 2 aromatic rings. The number of hydrogen-bond donors (Lipinski definition) is 0. The lowest BCUT2D eigenvalue weighted by Gasteiger charge is -2.37. The van der Waals surface area contributed by atoms with Crippen molar-refractivity contribution in [2.45, 2.75) is 19.0 Å². The third-order valence-electron chi connectivity index (χ3n) is 3.54. The van der Waals surface area contributed by atoms with Crippen LogP contribution in [0.1, 0.15) is 11.4 Å². The second-order valence-electron chi connectivity index (χ2n) is 5.79. The maximum absolute atomic E-state index is 12.8. The summed E-state index contributed by atoms with van der Waals surface area (Å²) in [6.07, 6.45) is -1.19. The van der Waals surface area contributed by atoms with Gasteiger partial charge in [-0.1, -0.05) is 0 Å². The van der Waals surface area contributed by atoms with Crippen LogP contribution >= 0.6 is 0 Å². The zero-order chi connectivity index (χ0) is 19.1. The largest absolute Gasteiger partial charge is 0.433 e. The molecule has 138 valence electrons. The summed E-state index contributed by atoms with van der Waals surface area (Å²) in [5.74, 6) is -3.47. The minimum absolute atomic E-state index is 0.00795. The normalized spacial score (nSPS) is 16.8. The Labute approximate surface area is 144 Å². The van der Waals surface area contributed by atoms with E-state index in [2.05, 4.69) is 15.1 Å². The van der Waals surface area contributed by atoms with Gasteiger partial charge in [0.1, 0.15) is 12.0 Å². The predicted octanol–water partition coefficient (Wildman–Crippen LogP) is 2.62. The molecule has 0 aromatic carbocycles. The van der Waals surface area contributed by atoms with Crippen LogP contribution in [0.5, 0.6) is 0 Å². The Morgan fingerprint density at radius 3 is 2.58 bits per heavy atom. The van der Waals surface area contributed by atoms with Gasteiger partial charge in [-0.2, -0.15) is 13.2 Å². The predicted molar refractivity (Wildman–Crippen MR) is 79.8 cm³/mol. The van der Waals surface area contributed by atoms with Gasteiger partial charge in [-0.25, -0.2) is 23.4 Å². The minimum Gasteiger partial charge on any atom is -0.327 e. The molecular weight excluding hydrogens is 361 g/mol. The van der Waals surface area contributed by atoms with Crippen molar-refractivity contribution < 1.29 is 26.7 Å².